The van der Waals surface area contributed by atoms with E-state index in [1.807, 2.05) is 0 Å². The van der Waals surface area contributed by atoms with Gasteiger partial charge in [-0.3, -0.25) is 4.79 Å². The average Bonchev–Trinajstić information content (AvgIpc) is 2.64. The minimum Gasteiger partial charge on any atom is -0.490 e. The maximum atomic E-state index is 13.9. The number of anilines is 2. The van der Waals surface area contributed by atoms with E-state index in [2.05, 4.69) is 15.6 Å². The minimum absolute atomic E-state index is 0.0853. The van der Waals surface area contributed by atoms with E-state index in [0.29, 0.717) is 0 Å². The van der Waals surface area contributed by atoms with Crippen LogP contribution in [0.1, 0.15) is 17.4 Å². The number of rotatable bonds is 8. The maximum absolute atomic E-state index is 13.9. The van der Waals surface area contributed by atoms with Gasteiger partial charge in [-0.15, -0.1) is 0 Å². The van der Waals surface area contributed by atoms with Crippen LogP contribution in [0.2, 0.25) is 0 Å². The Morgan fingerprint density at radius 1 is 1.35 bits per heavy atom. The van der Waals surface area contributed by atoms with Crippen LogP contribution in [0.15, 0.2) is 30.5 Å². The third kappa shape index (κ3) is 4.85. The third-order valence-electron chi connectivity index (χ3n) is 3.30. The molecule has 0 bridgehead atoms. The average molecular weight is 369 g/mol. The molecule has 9 heteroatoms. The number of amides is 1. The predicted molar refractivity (Wildman–Crippen MR) is 89.4 cm³/mol. The van der Waals surface area contributed by atoms with Crippen molar-refractivity contribution < 1.29 is 27.8 Å². The van der Waals surface area contributed by atoms with Crippen LogP contribution < -0.4 is 15.4 Å². The monoisotopic (exact) mass is 369 g/mol. The Labute approximate surface area is 148 Å². The lowest BCUT2D eigenvalue weighted by Gasteiger charge is -2.14. The van der Waals surface area contributed by atoms with E-state index in [1.54, 1.807) is 6.92 Å². The van der Waals surface area contributed by atoms with E-state index in [9.17, 15) is 18.0 Å². The lowest BCUT2D eigenvalue weighted by molar-refractivity contribution is 0.0923. The van der Waals surface area contributed by atoms with Gasteiger partial charge in [-0.05, 0) is 25.1 Å². The molecule has 1 atom stereocenters. The molecule has 1 heterocycles. The molecule has 0 saturated carbocycles. The van der Waals surface area contributed by atoms with Crippen molar-refractivity contribution >= 4 is 17.3 Å². The summed E-state index contributed by atoms with van der Waals surface area (Å²) >= 11 is 0. The van der Waals surface area contributed by atoms with E-state index in [0.717, 1.165) is 6.07 Å². The maximum Gasteiger partial charge on any atom is 0.270 e. The smallest absolute Gasteiger partial charge is 0.270 e. The highest BCUT2D eigenvalue weighted by Crippen LogP contribution is 2.29. The Bertz CT molecular complexity index is 774. The van der Waals surface area contributed by atoms with Crippen LogP contribution in [-0.2, 0) is 0 Å². The molecule has 0 spiro atoms. The highest BCUT2D eigenvalue weighted by Gasteiger charge is 2.16. The number of carbonyl (C=O) groups excluding carboxylic acids is 1. The molecule has 26 heavy (non-hydrogen) atoms. The van der Waals surface area contributed by atoms with Gasteiger partial charge in [0.25, 0.3) is 5.91 Å². The number of hydrogen-bond donors (Lipinski definition) is 3. The Morgan fingerprint density at radius 3 is 2.81 bits per heavy atom. The predicted octanol–water partition coefficient (Wildman–Crippen LogP) is 2.56. The van der Waals surface area contributed by atoms with Gasteiger partial charge in [0, 0.05) is 0 Å². The van der Waals surface area contributed by atoms with Gasteiger partial charge in [-0.2, -0.15) is 0 Å². The summed E-state index contributed by atoms with van der Waals surface area (Å²) in [5, 5.41) is 13.6. The fourth-order valence-corrected chi connectivity index (χ4v) is 2.04. The molecule has 0 radical (unpaired) electrons. The van der Waals surface area contributed by atoms with Crippen LogP contribution in [-0.4, -0.2) is 41.9 Å². The van der Waals surface area contributed by atoms with E-state index < -0.39 is 30.3 Å². The molecule has 0 fully saturated rings. The van der Waals surface area contributed by atoms with Gasteiger partial charge in [-0.25, -0.2) is 18.2 Å². The summed E-state index contributed by atoms with van der Waals surface area (Å²) in [5.41, 5.74) is -0.0408. The standard InChI is InChI=1S/C17H18F3N3O3/c1-2-26-15-8-21-14(17(25)22-7-10(18)9-24)6-13(15)23-12-5-3-4-11(19)16(12)20/h3-6,8,10,24H,2,7,9H2,1H3,(H,21,23)(H,22,25)/t10-/m1/s1. The fraction of sp³-hybridized carbons (Fsp3) is 0.294. The van der Waals surface area contributed by atoms with Crippen LogP contribution in [0, 0.1) is 11.6 Å². The van der Waals surface area contributed by atoms with Crippen LogP contribution in [0.25, 0.3) is 0 Å². The van der Waals surface area contributed by atoms with Crippen molar-refractivity contribution in [2.75, 3.05) is 25.1 Å². The number of aromatic nitrogens is 1. The number of aliphatic hydroxyl groups excluding tert-OH is 1. The zero-order valence-electron chi connectivity index (χ0n) is 13.9. The second kappa shape index (κ2) is 9.04. The van der Waals surface area contributed by atoms with Crippen LogP contribution in [0.4, 0.5) is 24.5 Å². The van der Waals surface area contributed by atoms with E-state index >= 15 is 0 Å². The summed E-state index contributed by atoms with van der Waals surface area (Å²) in [6.45, 7) is 0.908. The zero-order chi connectivity index (χ0) is 19.1. The van der Waals surface area contributed by atoms with Gasteiger partial charge >= 0.3 is 0 Å². The van der Waals surface area contributed by atoms with Gasteiger partial charge in [0.1, 0.15) is 11.9 Å². The van der Waals surface area contributed by atoms with Gasteiger partial charge in [0.2, 0.25) is 0 Å². The Morgan fingerprint density at radius 2 is 2.12 bits per heavy atom. The van der Waals surface area contributed by atoms with Crippen molar-refractivity contribution in [2.24, 2.45) is 0 Å². The number of pyridine rings is 1. The second-order valence-electron chi connectivity index (χ2n) is 5.21. The summed E-state index contributed by atoms with van der Waals surface area (Å²) in [6, 6.07) is 4.90. The Kier molecular flexibility index (Phi) is 6.79. The zero-order valence-corrected chi connectivity index (χ0v) is 13.9. The SMILES string of the molecule is CCOc1cnc(C(=O)NC[C@@H](F)CO)cc1Nc1cccc(F)c1F. The lowest BCUT2D eigenvalue weighted by Crippen LogP contribution is -2.32. The molecule has 1 aromatic heterocycles. The molecule has 2 aromatic rings. The number of benzene rings is 1. The highest BCUT2D eigenvalue weighted by atomic mass is 19.2. The molecule has 1 amide bonds. The first-order chi connectivity index (χ1) is 12.5. The summed E-state index contributed by atoms with van der Waals surface area (Å²) < 4.78 is 45.6. The molecular weight excluding hydrogens is 351 g/mol. The summed E-state index contributed by atoms with van der Waals surface area (Å²) in [7, 11) is 0. The van der Waals surface area contributed by atoms with Gasteiger partial charge in [0.15, 0.2) is 17.4 Å². The second-order valence-corrected chi connectivity index (χ2v) is 5.21. The third-order valence-corrected chi connectivity index (χ3v) is 3.30. The van der Waals surface area contributed by atoms with Crippen molar-refractivity contribution in [3.63, 3.8) is 0 Å². The molecule has 0 saturated heterocycles. The van der Waals surface area contributed by atoms with E-state index in [4.69, 9.17) is 9.84 Å². The van der Waals surface area contributed by atoms with Gasteiger partial charge in [0.05, 0.1) is 37.3 Å². The van der Waals surface area contributed by atoms with Crippen molar-refractivity contribution in [2.45, 2.75) is 13.1 Å². The number of hydrogen-bond acceptors (Lipinski definition) is 5. The minimum atomic E-state index is -1.60. The molecule has 0 aliphatic heterocycles. The van der Waals surface area contributed by atoms with Gasteiger partial charge < -0.3 is 20.5 Å². The number of carbonyl (C=O) groups is 1. The molecule has 2 rings (SSSR count). The van der Waals surface area contributed by atoms with E-state index in [-0.39, 0.29) is 36.0 Å². The summed E-state index contributed by atoms with van der Waals surface area (Å²) in [5.74, 6) is -2.57. The Hall–Kier alpha value is -2.81. The molecule has 0 aliphatic carbocycles. The van der Waals surface area contributed by atoms with Crippen molar-refractivity contribution in [3.05, 3.63) is 47.8 Å². The molecule has 1 aromatic carbocycles. The molecule has 3 N–H and O–H groups in total. The van der Waals surface area contributed by atoms with Gasteiger partial charge in [-0.1, -0.05) is 6.07 Å². The molecule has 0 unspecified atom stereocenters. The summed E-state index contributed by atoms with van der Waals surface area (Å²) in [4.78, 5) is 15.9. The number of aliphatic hydroxyl groups is 1. The first kappa shape index (κ1) is 19.5. The quantitative estimate of drug-likeness (QED) is 0.666. The first-order valence-electron chi connectivity index (χ1n) is 7.83. The normalized spacial score (nSPS) is 11.7. The molecule has 6 nitrogen and oxygen atoms in total. The van der Waals surface area contributed by atoms with Crippen LogP contribution in [0.3, 0.4) is 0 Å². The summed E-state index contributed by atoms with van der Waals surface area (Å²) in [6.07, 6.45) is -0.350. The molecule has 140 valence electrons. The molecule has 0 aliphatic rings. The lowest BCUT2D eigenvalue weighted by atomic mass is 10.2. The highest BCUT2D eigenvalue weighted by molar-refractivity contribution is 5.93. The van der Waals surface area contributed by atoms with Crippen molar-refractivity contribution in [3.8, 4) is 5.75 Å². The van der Waals surface area contributed by atoms with Crippen LogP contribution >= 0.6 is 0 Å². The fourth-order valence-electron chi connectivity index (χ4n) is 2.04. The number of ether oxygens (including phenoxy) is 1. The first-order valence-corrected chi connectivity index (χ1v) is 7.83. The molecular formula is C17H18F3N3O3. The van der Waals surface area contributed by atoms with Crippen molar-refractivity contribution in [1.82, 2.24) is 10.3 Å². The topological polar surface area (TPSA) is 83.5 Å². The largest absolute Gasteiger partial charge is 0.490 e. The number of halogens is 3. The number of nitrogens with zero attached hydrogens (tertiary/aromatic N) is 1. The Balaban J connectivity index is 2.27. The van der Waals surface area contributed by atoms with Crippen molar-refractivity contribution in [1.29, 1.82) is 0 Å². The van der Waals surface area contributed by atoms with Crippen LogP contribution in [0.5, 0.6) is 5.75 Å². The van der Waals surface area contributed by atoms with E-state index in [1.165, 1.54) is 24.4 Å². The number of alkyl halides is 1. The number of nitrogens with one attached hydrogen (secondary N) is 2.